The molecule has 1 aromatic heterocycles. The number of nitrogens with zero attached hydrogens (tertiary/aromatic N) is 1. The molecule has 2 heterocycles. The Balaban J connectivity index is 1.58. The maximum atomic E-state index is 13.3. The summed E-state index contributed by atoms with van der Waals surface area (Å²) in [6.45, 7) is 0.220. The van der Waals surface area contributed by atoms with Crippen LogP contribution in [0.15, 0.2) is 76.2 Å². The van der Waals surface area contributed by atoms with Crippen molar-refractivity contribution in [1.82, 2.24) is 9.62 Å². The normalized spacial score (nSPS) is 14.3. The van der Waals surface area contributed by atoms with Crippen molar-refractivity contribution in [2.24, 2.45) is 0 Å². The molecule has 0 aliphatic carbocycles. The van der Waals surface area contributed by atoms with Gasteiger partial charge in [0.1, 0.15) is 11.8 Å². The first-order valence-electron chi connectivity index (χ1n) is 10.6. The van der Waals surface area contributed by atoms with Gasteiger partial charge in [0.15, 0.2) is 0 Å². The van der Waals surface area contributed by atoms with Crippen LogP contribution in [-0.4, -0.2) is 38.2 Å². The lowest BCUT2D eigenvalue weighted by Crippen LogP contribution is -2.48. The first-order valence-corrected chi connectivity index (χ1v) is 12.1. The number of amides is 2. The van der Waals surface area contributed by atoms with E-state index in [9.17, 15) is 18.0 Å². The van der Waals surface area contributed by atoms with Gasteiger partial charge in [-0.3, -0.25) is 9.59 Å². The van der Waals surface area contributed by atoms with Crippen molar-refractivity contribution in [2.45, 2.75) is 36.7 Å². The number of likely N-dealkylation sites (N-methyl/N-ethyl adjacent to an activating group) is 1. The van der Waals surface area contributed by atoms with Crippen LogP contribution in [0.2, 0.25) is 0 Å². The molecule has 0 saturated heterocycles. The van der Waals surface area contributed by atoms with E-state index < -0.39 is 16.1 Å². The quantitative estimate of drug-likeness (QED) is 0.530. The number of aryl methyl sites for hydroxylation is 1. The van der Waals surface area contributed by atoms with E-state index >= 15 is 0 Å². The molecule has 1 aliphatic heterocycles. The lowest BCUT2D eigenvalue weighted by Gasteiger charge is -2.24. The zero-order valence-corrected chi connectivity index (χ0v) is 19.0. The molecular weight excluding hydrogens is 442 g/mol. The molecule has 2 amide bonds. The number of hydrogen-bond acceptors (Lipinski definition) is 5. The minimum atomic E-state index is -4.00. The Labute approximate surface area is 192 Å². The van der Waals surface area contributed by atoms with Gasteiger partial charge in [0.2, 0.25) is 21.8 Å². The number of sulfonamides is 1. The zero-order chi connectivity index (χ0) is 23.4. The zero-order valence-electron chi connectivity index (χ0n) is 18.2. The molecule has 3 aromatic rings. The number of hydrogen-bond donors (Lipinski definition) is 2. The number of anilines is 1. The van der Waals surface area contributed by atoms with Gasteiger partial charge in [0.05, 0.1) is 17.7 Å². The van der Waals surface area contributed by atoms with E-state index in [1.165, 1.54) is 17.2 Å². The van der Waals surface area contributed by atoms with Crippen molar-refractivity contribution in [3.8, 4) is 0 Å². The van der Waals surface area contributed by atoms with Gasteiger partial charge in [-0.2, -0.15) is 4.72 Å². The second kappa shape index (κ2) is 9.60. The molecule has 172 valence electrons. The minimum absolute atomic E-state index is 0.0527. The van der Waals surface area contributed by atoms with E-state index in [1.807, 2.05) is 30.3 Å². The smallest absolute Gasteiger partial charge is 0.241 e. The molecule has 0 saturated carbocycles. The van der Waals surface area contributed by atoms with Crippen LogP contribution in [0.5, 0.6) is 0 Å². The second-order valence-corrected chi connectivity index (χ2v) is 9.72. The largest absolute Gasteiger partial charge is 0.467 e. The highest BCUT2D eigenvalue weighted by atomic mass is 32.2. The summed E-state index contributed by atoms with van der Waals surface area (Å²) in [5.41, 5.74) is 2.19. The topological polar surface area (TPSA) is 109 Å². The summed E-state index contributed by atoms with van der Waals surface area (Å²) in [5, 5.41) is 2.74. The van der Waals surface area contributed by atoms with Crippen molar-refractivity contribution >= 4 is 27.5 Å². The number of carbonyl (C=O) groups is 2. The fraction of sp³-hybridized carbons (Fsp3) is 0.250. The molecule has 33 heavy (non-hydrogen) atoms. The molecule has 0 unspecified atom stereocenters. The third-order valence-corrected chi connectivity index (χ3v) is 6.98. The molecule has 2 aromatic carbocycles. The molecule has 2 N–H and O–H groups in total. The van der Waals surface area contributed by atoms with Crippen molar-refractivity contribution in [2.75, 3.05) is 12.4 Å². The molecule has 9 heteroatoms. The van der Waals surface area contributed by atoms with Crippen molar-refractivity contribution in [3.05, 3.63) is 83.8 Å². The summed E-state index contributed by atoms with van der Waals surface area (Å²) in [6, 6.07) is 16.3. The van der Waals surface area contributed by atoms with Crippen LogP contribution in [0.3, 0.4) is 0 Å². The van der Waals surface area contributed by atoms with E-state index in [4.69, 9.17) is 4.42 Å². The van der Waals surface area contributed by atoms with Gasteiger partial charge in [-0.1, -0.05) is 30.3 Å². The number of carbonyl (C=O) groups excluding carboxylic acids is 2. The number of rotatable bonds is 8. The average molecular weight is 468 g/mol. The fourth-order valence-electron chi connectivity index (χ4n) is 3.79. The lowest BCUT2D eigenvalue weighted by molar-refractivity contribution is -0.132. The molecule has 4 rings (SSSR count). The SMILES string of the molecule is CN(Cc1ccco1)C(=O)[C@@H](Cc1ccccc1)NS(=O)(=O)c1ccc2c(c1)CCC(=O)N2. The highest BCUT2D eigenvalue weighted by Crippen LogP contribution is 2.25. The van der Waals surface area contributed by atoms with Gasteiger partial charge in [0.25, 0.3) is 0 Å². The molecule has 0 spiro atoms. The van der Waals surface area contributed by atoms with Gasteiger partial charge in [-0.15, -0.1) is 0 Å². The maximum Gasteiger partial charge on any atom is 0.241 e. The van der Waals surface area contributed by atoms with Crippen LogP contribution in [0.4, 0.5) is 5.69 Å². The Kier molecular flexibility index (Phi) is 6.62. The Morgan fingerprint density at radius 3 is 2.64 bits per heavy atom. The van der Waals surface area contributed by atoms with E-state index in [0.29, 0.717) is 24.3 Å². The van der Waals surface area contributed by atoms with Crippen molar-refractivity contribution in [1.29, 1.82) is 0 Å². The van der Waals surface area contributed by atoms with Crippen LogP contribution in [-0.2, 0) is 39.0 Å². The highest BCUT2D eigenvalue weighted by Gasteiger charge is 2.29. The number of furan rings is 1. The number of benzene rings is 2. The van der Waals surface area contributed by atoms with Crippen molar-refractivity contribution in [3.63, 3.8) is 0 Å². The van der Waals surface area contributed by atoms with Gasteiger partial charge in [0, 0.05) is 19.2 Å². The highest BCUT2D eigenvalue weighted by molar-refractivity contribution is 7.89. The van der Waals surface area contributed by atoms with Gasteiger partial charge < -0.3 is 14.6 Å². The molecular formula is C24H25N3O5S. The van der Waals surface area contributed by atoms with Crippen LogP contribution < -0.4 is 10.0 Å². The van der Waals surface area contributed by atoms with E-state index in [-0.39, 0.29) is 29.7 Å². The summed E-state index contributed by atoms with van der Waals surface area (Å²) in [5.74, 6) is 0.136. The minimum Gasteiger partial charge on any atom is -0.467 e. The Hall–Kier alpha value is -3.43. The summed E-state index contributed by atoms with van der Waals surface area (Å²) >= 11 is 0. The number of nitrogens with one attached hydrogen (secondary N) is 2. The maximum absolute atomic E-state index is 13.3. The first-order chi connectivity index (χ1) is 15.8. The number of fused-ring (bicyclic) bond motifs is 1. The molecule has 0 fully saturated rings. The summed E-state index contributed by atoms with van der Waals surface area (Å²) in [6.07, 6.45) is 2.48. The Morgan fingerprint density at radius 2 is 1.91 bits per heavy atom. The first kappa shape index (κ1) is 22.8. The Morgan fingerprint density at radius 1 is 1.12 bits per heavy atom. The van der Waals surface area contributed by atoms with Crippen molar-refractivity contribution < 1.29 is 22.4 Å². The summed E-state index contributed by atoms with van der Waals surface area (Å²) in [4.78, 5) is 26.3. The van der Waals surface area contributed by atoms with E-state index in [0.717, 1.165) is 11.1 Å². The summed E-state index contributed by atoms with van der Waals surface area (Å²) < 4.78 is 34.4. The average Bonchev–Trinajstić information content (AvgIpc) is 3.31. The van der Waals surface area contributed by atoms with Crippen LogP contribution >= 0.6 is 0 Å². The monoisotopic (exact) mass is 467 g/mol. The molecule has 1 aliphatic rings. The fourth-order valence-corrected chi connectivity index (χ4v) is 5.03. The molecule has 0 radical (unpaired) electrons. The third kappa shape index (κ3) is 5.50. The van der Waals surface area contributed by atoms with E-state index in [2.05, 4.69) is 10.0 Å². The predicted octanol–water partition coefficient (Wildman–Crippen LogP) is 2.71. The molecule has 8 nitrogen and oxygen atoms in total. The van der Waals surface area contributed by atoms with Gasteiger partial charge in [-0.25, -0.2) is 8.42 Å². The second-order valence-electron chi connectivity index (χ2n) is 8.00. The van der Waals surface area contributed by atoms with Crippen LogP contribution in [0.25, 0.3) is 0 Å². The van der Waals surface area contributed by atoms with Crippen LogP contribution in [0.1, 0.15) is 23.3 Å². The molecule has 0 bridgehead atoms. The van der Waals surface area contributed by atoms with Gasteiger partial charge in [-0.05, 0) is 54.3 Å². The lowest BCUT2D eigenvalue weighted by atomic mass is 10.0. The molecule has 1 atom stereocenters. The van der Waals surface area contributed by atoms with E-state index in [1.54, 1.807) is 31.3 Å². The predicted molar refractivity (Wildman–Crippen MR) is 123 cm³/mol. The third-order valence-electron chi connectivity index (χ3n) is 5.51. The Bertz CT molecular complexity index is 1240. The van der Waals surface area contributed by atoms with Crippen LogP contribution in [0, 0.1) is 0 Å². The standard InChI is InChI=1S/C24H25N3O5S/c1-27(16-19-8-5-13-32-19)24(29)22(14-17-6-3-2-4-7-17)26-33(30,31)20-10-11-21-18(15-20)9-12-23(28)25-21/h2-8,10-11,13,15,22,26H,9,12,14,16H2,1H3,(H,25,28)/t22-/m1/s1. The van der Waals surface area contributed by atoms with Gasteiger partial charge >= 0.3 is 0 Å². The summed E-state index contributed by atoms with van der Waals surface area (Å²) in [7, 11) is -2.39.